The minimum atomic E-state index is 0.0386. The number of hydrogen-bond donors (Lipinski definition) is 0. The van der Waals surface area contributed by atoms with Crippen LogP contribution in [0.15, 0.2) is 47.4 Å². The molecule has 0 radical (unpaired) electrons. The molecule has 2 aromatic heterocycles. The molecule has 26 heavy (non-hydrogen) atoms. The van der Waals surface area contributed by atoms with Gasteiger partial charge in [0.25, 0.3) is 5.56 Å². The molecular formula is C21H20N4O. The van der Waals surface area contributed by atoms with E-state index in [4.69, 9.17) is 4.98 Å². The van der Waals surface area contributed by atoms with Crippen molar-refractivity contribution in [3.8, 4) is 11.8 Å². The van der Waals surface area contributed by atoms with Gasteiger partial charge in [0.1, 0.15) is 11.5 Å². The molecule has 0 N–H and O–H groups in total. The smallest absolute Gasteiger partial charge is 0.261 e. The molecule has 0 spiro atoms. The van der Waals surface area contributed by atoms with E-state index in [0.29, 0.717) is 23.5 Å². The molecule has 4 rings (SSSR count). The third-order valence-corrected chi connectivity index (χ3v) is 4.94. The fraction of sp³-hybridized carbons (Fsp3) is 0.286. The quantitative estimate of drug-likeness (QED) is 0.586. The van der Waals surface area contributed by atoms with E-state index >= 15 is 0 Å². The summed E-state index contributed by atoms with van der Waals surface area (Å²) in [6, 6.07) is 11.6. The number of pyridine rings is 1. The SMILES string of the molecule is CC1Cc2nc3cc(C#Cc4ccccn4)ccc3c(=O)n2CCN1C. The summed E-state index contributed by atoms with van der Waals surface area (Å²) in [5.74, 6) is 7.01. The number of hydrogen-bond acceptors (Lipinski definition) is 4. The van der Waals surface area contributed by atoms with E-state index in [2.05, 4.69) is 35.7 Å². The largest absolute Gasteiger partial charge is 0.301 e. The zero-order valence-electron chi connectivity index (χ0n) is 14.9. The van der Waals surface area contributed by atoms with E-state index in [9.17, 15) is 4.79 Å². The molecule has 1 aliphatic rings. The second-order valence-electron chi connectivity index (χ2n) is 6.72. The summed E-state index contributed by atoms with van der Waals surface area (Å²) in [7, 11) is 2.09. The molecule has 130 valence electrons. The number of likely N-dealkylation sites (N-methyl/N-ethyl adjacent to an activating group) is 1. The van der Waals surface area contributed by atoms with E-state index in [1.165, 1.54) is 0 Å². The first-order valence-electron chi connectivity index (χ1n) is 8.78. The highest BCUT2D eigenvalue weighted by molar-refractivity contribution is 5.79. The molecule has 0 saturated heterocycles. The molecule has 0 aliphatic carbocycles. The Morgan fingerprint density at radius 3 is 2.85 bits per heavy atom. The highest BCUT2D eigenvalue weighted by Gasteiger charge is 2.20. The van der Waals surface area contributed by atoms with E-state index in [-0.39, 0.29) is 5.56 Å². The lowest BCUT2D eigenvalue weighted by Crippen LogP contribution is -2.30. The number of fused-ring (bicyclic) bond motifs is 2. The average Bonchev–Trinajstić information content (AvgIpc) is 2.80. The van der Waals surface area contributed by atoms with Crippen LogP contribution in [-0.2, 0) is 13.0 Å². The Labute approximate surface area is 152 Å². The van der Waals surface area contributed by atoms with Crippen molar-refractivity contribution >= 4 is 10.9 Å². The van der Waals surface area contributed by atoms with Crippen LogP contribution in [0.1, 0.15) is 24.0 Å². The normalized spacial score (nSPS) is 17.2. The van der Waals surface area contributed by atoms with Gasteiger partial charge in [-0.1, -0.05) is 12.0 Å². The maximum atomic E-state index is 12.9. The maximum absolute atomic E-state index is 12.9. The van der Waals surface area contributed by atoms with Crippen LogP contribution in [0.3, 0.4) is 0 Å². The van der Waals surface area contributed by atoms with Crippen LogP contribution in [0.4, 0.5) is 0 Å². The Balaban J connectivity index is 1.78. The first kappa shape index (κ1) is 16.5. The molecule has 1 atom stereocenters. The first-order valence-corrected chi connectivity index (χ1v) is 8.78. The average molecular weight is 344 g/mol. The van der Waals surface area contributed by atoms with Crippen LogP contribution < -0.4 is 5.56 Å². The second-order valence-corrected chi connectivity index (χ2v) is 6.72. The molecular weight excluding hydrogens is 324 g/mol. The van der Waals surface area contributed by atoms with Gasteiger partial charge >= 0.3 is 0 Å². The van der Waals surface area contributed by atoms with Crippen molar-refractivity contribution in [2.75, 3.05) is 13.6 Å². The van der Waals surface area contributed by atoms with Crippen molar-refractivity contribution < 1.29 is 0 Å². The fourth-order valence-corrected chi connectivity index (χ4v) is 3.20. The van der Waals surface area contributed by atoms with Crippen LogP contribution in [-0.4, -0.2) is 39.1 Å². The van der Waals surface area contributed by atoms with Crippen LogP contribution in [0.5, 0.6) is 0 Å². The van der Waals surface area contributed by atoms with E-state index < -0.39 is 0 Å². The molecule has 0 saturated carbocycles. The zero-order chi connectivity index (χ0) is 18.1. The van der Waals surface area contributed by atoms with Crippen molar-refractivity contribution in [1.82, 2.24) is 19.4 Å². The number of benzene rings is 1. The summed E-state index contributed by atoms with van der Waals surface area (Å²) in [5, 5.41) is 0.648. The lowest BCUT2D eigenvalue weighted by molar-refractivity contribution is 0.262. The first-order chi connectivity index (χ1) is 12.6. The van der Waals surface area contributed by atoms with E-state index in [1.54, 1.807) is 6.20 Å². The number of nitrogens with zero attached hydrogens (tertiary/aromatic N) is 4. The van der Waals surface area contributed by atoms with Crippen LogP contribution in [0, 0.1) is 11.8 Å². The van der Waals surface area contributed by atoms with Crippen LogP contribution in [0.25, 0.3) is 10.9 Å². The van der Waals surface area contributed by atoms with Gasteiger partial charge in [-0.15, -0.1) is 0 Å². The Bertz CT molecular complexity index is 1080. The predicted molar refractivity (Wildman–Crippen MR) is 102 cm³/mol. The third kappa shape index (κ3) is 3.12. The molecule has 0 bridgehead atoms. The topological polar surface area (TPSA) is 51.0 Å². The maximum Gasteiger partial charge on any atom is 0.261 e. The Kier molecular flexibility index (Phi) is 4.27. The summed E-state index contributed by atoms with van der Waals surface area (Å²) < 4.78 is 1.82. The molecule has 1 aliphatic heterocycles. The molecule has 1 aromatic carbocycles. The van der Waals surface area contributed by atoms with E-state index in [0.717, 1.165) is 30.0 Å². The van der Waals surface area contributed by atoms with Crippen LogP contribution in [0.2, 0.25) is 0 Å². The highest BCUT2D eigenvalue weighted by Crippen LogP contribution is 2.15. The standard InChI is InChI=1S/C21H20N4O/c1-15-13-20-23-19-14-16(6-8-17-5-3-4-10-22-17)7-9-18(19)21(26)25(20)12-11-24(15)2/h3-5,7,9-10,14-15H,11-13H2,1-2H3. The molecule has 3 aromatic rings. The van der Waals surface area contributed by atoms with Crippen molar-refractivity contribution in [3.63, 3.8) is 0 Å². The van der Waals surface area contributed by atoms with Gasteiger partial charge in [-0.2, -0.15) is 0 Å². The Morgan fingerprint density at radius 1 is 1.15 bits per heavy atom. The van der Waals surface area contributed by atoms with Gasteiger partial charge in [0, 0.05) is 37.3 Å². The monoisotopic (exact) mass is 344 g/mol. The summed E-state index contributed by atoms with van der Waals surface area (Å²) in [6.45, 7) is 3.70. The van der Waals surface area contributed by atoms with E-state index in [1.807, 2.05) is 41.0 Å². The summed E-state index contributed by atoms with van der Waals surface area (Å²) >= 11 is 0. The third-order valence-electron chi connectivity index (χ3n) is 4.94. The summed E-state index contributed by atoms with van der Waals surface area (Å²) in [4.78, 5) is 24.2. The van der Waals surface area contributed by atoms with Gasteiger partial charge in [-0.25, -0.2) is 9.97 Å². The fourth-order valence-electron chi connectivity index (χ4n) is 3.20. The van der Waals surface area contributed by atoms with Gasteiger partial charge in [-0.3, -0.25) is 9.36 Å². The predicted octanol–water partition coefficient (Wildman–Crippen LogP) is 2.07. The Hall–Kier alpha value is -2.97. The van der Waals surface area contributed by atoms with Gasteiger partial charge in [0.2, 0.25) is 0 Å². The molecule has 3 heterocycles. The van der Waals surface area contributed by atoms with Crippen molar-refractivity contribution in [2.24, 2.45) is 0 Å². The van der Waals surface area contributed by atoms with Crippen molar-refractivity contribution in [2.45, 2.75) is 25.9 Å². The van der Waals surface area contributed by atoms with Crippen LogP contribution >= 0.6 is 0 Å². The van der Waals surface area contributed by atoms with Gasteiger partial charge in [-0.05, 0) is 50.2 Å². The minimum absolute atomic E-state index is 0.0386. The number of aromatic nitrogens is 3. The summed E-state index contributed by atoms with van der Waals surface area (Å²) in [6.07, 6.45) is 2.49. The number of rotatable bonds is 0. The van der Waals surface area contributed by atoms with Crippen molar-refractivity contribution in [3.05, 3.63) is 70.0 Å². The lowest BCUT2D eigenvalue weighted by Gasteiger charge is -2.20. The highest BCUT2D eigenvalue weighted by atomic mass is 16.1. The molecule has 5 nitrogen and oxygen atoms in total. The lowest BCUT2D eigenvalue weighted by atomic mass is 10.1. The van der Waals surface area contributed by atoms with Gasteiger partial charge in [0.15, 0.2) is 0 Å². The second kappa shape index (κ2) is 6.74. The zero-order valence-corrected chi connectivity index (χ0v) is 14.9. The molecule has 5 heteroatoms. The molecule has 1 unspecified atom stereocenters. The molecule has 0 amide bonds. The summed E-state index contributed by atoms with van der Waals surface area (Å²) in [5.41, 5.74) is 2.31. The van der Waals surface area contributed by atoms with Gasteiger partial charge < -0.3 is 4.90 Å². The van der Waals surface area contributed by atoms with Gasteiger partial charge in [0.05, 0.1) is 10.9 Å². The molecule has 0 fully saturated rings. The minimum Gasteiger partial charge on any atom is -0.301 e. The Morgan fingerprint density at radius 2 is 2.04 bits per heavy atom. The van der Waals surface area contributed by atoms with Crippen molar-refractivity contribution in [1.29, 1.82) is 0 Å².